The summed E-state index contributed by atoms with van der Waals surface area (Å²) in [5, 5.41) is 6.09. The summed E-state index contributed by atoms with van der Waals surface area (Å²) in [5.41, 5.74) is 1.99. The minimum atomic E-state index is -3.28. The van der Waals surface area contributed by atoms with Crippen LogP contribution in [0.4, 0.5) is 16.2 Å². The SMILES string of the molecule is O=C(NCc1cccc(Cl)c1)Nc1cccc(N2CCCCS2(=O)=O)c1. The van der Waals surface area contributed by atoms with Gasteiger partial charge in [0.05, 0.1) is 11.4 Å². The predicted molar refractivity (Wildman–Crippen MR) is 104 cm³/mol. The molecule has 0 aliphatic carbocycles. The molecule has 0 bridgehead atoms. The van der Waals surface area contributed by atoms with Crippen molar-refractivity contribution in [3.05, 3.63) is 59.1 Å². The van der Waals surface area contributed by atoms with Crippen molar-refractivity contribution in [2.45, 2.75) is 19.4 Å². The first kappa shape index (κ1) is 18.5. The van der Waals surface area contributed by atoms with E-state index in [4.69, 9.17) is 11.6 Å². The summed E-state index contributed by atoms with van der Waals surface area (Å²) in [7, 11) is -3.28. The molecule has 26 heavy (non-hydrogen) atoms. The lowest BCUT2D eigenvalue weighted by atomic mass is 10.2. The zero-order valence-electron chi connectivity index (χ0n) is 14.1. The monoisotopic (exact) mass is 393 g/mol. The zero-order chi connectivity index (χ0) is 18.6. The van der Waals surface area contributed by atoms with E-state index in [0.29, 0.717) is 35.9 Å². The molecule has 3 rings (SSSR count). The van der Waals surface area contributed by atoms with Gasteiger partial charge in [-0.2, -0.15) is 0 Å². The molecular weight excluding hydrogens is 374 g/mol. The summed E-state index contributed by atoms with van der Waals surface area (Å²) in [6.45, 7) is 0.805. The molecule has 0 spiro atoms. The Labute approximate surface area is 158 Å². The average molecular weight is 394 g/mol. The topological polar surface area (TPSA) is 78.5 Å². The number of halogens is 1. The number of hydrogen-bond acceptors (Lipinski definition) is 3. The standard InChI is InChI=1S/C18H20ClN3O3S/c19-15-6-3-5-14(11-15)13-20-18(23)21-16-7-4-8-17(12-16)22-9-1-2-10-26(22,24)25/h3-8,11-12H,1-2,9-10,13H2,(H2,20,21,23). The Morgan fingerprint density at radius 3 is 2.69 bits per heavy atom. The van der Waals surface area contributed by atoms with Crippen molar-refractivity contribution in [1.29, 1.82) is 0 Å². The zero-order valence-corrected chi connectivity index (χ0v) is 15.7. The van der Waals surface area contributed by atoms with E-state index in [0.717, 1.165) is 12.0 Å². The van der Waals surface area contributed by atoms with Crippen molar-refractivity contribution in [2.24, 2.45) is 0 Å². The summed E-state index contributed by atoms with van der Waals surface area (Å²) in [6.07, 6.45) is 1.51. The minimum absolute atomic E-state index is 0.158. The van der Waals surface area contributed by atoms with Gasteiger partial charge in [0.15, 0.2) is 0 Å². The Hall–Kier alpha value is -2.25. The molecule has 2 aromatic rings. The molecule has 8 heteroatoms. The third-order valence-corrected chi connectivity index (χ3v) is 6.19. The van der Waals surface area contributed by atoms with Crippen molar-refractivity contribution in [2.75, 3.05) is 21.9 Å². The summed E-state index contributed by atoms with van der Waals surface area (Å²) < 4.78 is 25.8. The Kier molecular flexibility index (Phi) is 5.68. The van der Waals surface area contributed by atoms with Gasteiger partial charge in [0, 0.05) is 23.8 Å². The van der Waals surface area contributed by atoms with E-state index in [2.05, 4.69) is 10.6 Å². The number of anilines is 2. The number of nitrogens with zero attached hydrogens (tertiary/aromatic N) is 1. The predicted octanol–water partition coefficient (Wildman–Crippen LogP) is 3.59. The summed E-state index contributed by atoms with van der Waals surface area (Å²) in [5.74, 6) is 0.158. The average Bonchev–Trinajstić information content (AvgIpc) is 2.60. The molecular formula is C18H20ClN3O3S. The van der Waals surface area contributed by atoms with Crippen molar-refractivity contribution >= 4 is 39.0 Å². The Morgan fingerprint density at radius 1 is 1.12 bits per heavy atom. The molecule has 0 unspecified atom stereocenters. The van der Waals surface area contributed by atoms with E-state index in [1.807, 2.05) is 12.1 Å². The molecule has 1 fully saturated rings. The molecule has 2 amide bonds. The maximum Gasteiger partial charge on any atom is 0.319 e. The second kappa shape index (κ2) is 7.97. The lowest BCUT2D eigenvalue weighted by molar-refractivity contribution is 0.251. The van der Waals surface area contributed by atoms with Gasteiger partial charge in [0.1, 0.15) is 0 Å². The minimum Gasteiger partial charge on any atom is -0.334 e. The fourth-order valence-corrected chi connectivity index (χ4v) is 4.67. The normalized spacial score (nSPS) is 16.1. The Morgan fingerprint density at radius 2 is 1.92 bits per heavy atom. The third kappa shape index (κ3) is 4.68. The molecule has 0 aromatic heterocycles. The molecule has 1 heterocycles. The van der Waals surface area contributed by atoms with Gasteiger partial charge in [-0.1, -0.05) is 29.8 Å². The van der Waals surface area contributed by atoms with E-state index in [-0.39, 0.29) is 11.8 Å². The van der Waals surface area contributed by atoms with Gasteiger partial charge in [-0.3, -0.25) is 4.31 Å². The lowest BCUT2D eigenvalue weighted by Crippen LogP contribution is -2.37. The van der Waals surface area contributed by atoms with E-state index in [1.54, 1.807) is 36.4 Å². The highest BCUT2D eigenvalue weighted by Gasteiger charge is 2.26. The van der Waals surface area contributed by atoms with Gasteiger partial charge < -0.3 is 10.6 Å². The van der Waals surface area contributed by atoms with Crippen molar-refractivity contribution in [3.63, 3.8) is 0 Å². The van der Waals surface area contributed by atoms with Crippen LogP contribution in [-0.2, 0) is 16.6 Å². The molecule has 2 N–H and O–H groups in total. The lowest BCUT2D eigenvalue weighted by Gasteiger charge is -2.28. The highest BCUT2D eigenvalue weighted by atomic mass is 35.5. The summed E-state index contributed by atoms with van der Waals surface area (Å²) in [4.78, 5) is 12.1. The van der Waals surface area contributed by atoms with Gasteiger partial charge in [-0.25, -0.2) is 13.2 Å². The van der Waals surface area contributed by atoms with E-state index in [1.165, 1.54) is 4.31 Å². The van der Waals surface area contributed by atoms with E-state index in [9.17, 15) is 13.2 Å². The number of amides is 2. The second-order valence-electron chi connectivity index (χ2n) is 6.08. The first-order valence-electron chi connectivity index (χ1n) is 8.34. The van der Waals surface area contributed by atoms with Crippen LogP contribution in [0.3, 0.4) is 0 Å². The maximum atomic E-state index is 12.2. The van der Waals surface area contributed by atoms with Crippen LogP contribution in [0, 0.1) is 0 Å². The molecule has 0 atom stereocenters. The first-order chi connectivity index (χ1) is 12.4. The molecule has 1 saturated heterocycles. The van der Waals surface area contributed by atoms with Gasteiger partial charge in [-0.15, -0.1) is 0 Å². The number of carbonyl (C=O) groups is 1. The number of benzene rings is 2. The highest BCUT2D eigenvalue weighted by Crippen LogP contribution is 2.26. The summed E-state index contributed by atoms with van der Waals surface area (Å²) >= 11 is 5.92. The van der Waals surface area contributed by atoms with Crippen LogP contribution < -0.4 is 14.9 Å². The number of carbonyl (C=O) groups excluding carboxylic acids is 1. The molecule has 2 aromatic carbocycles. The number of nitrogens with one attached hydrogen (secondary N) is 2. The fraction of sp³-hybridized carbons (Fsp3) is 0.278. The molecule has 1 aliphatic heterocycles. The Bertz CT molecular complexity index is 902. The van der Waals surface area contributed by atoms with Crippen LogP contribution in [-0.4, -0.2) is 26.7 Å². The number of urea groups is 1. The quantitative estimate of drug-likeness (QED) is 0.833. The van der Waals surface area contributed by atoms with Crippen LogP contribution in [0.1, 0.15) is 18.4 Å². The smallest absolute Gasteiger partial charge is 0.319 e. The van der Waals surface area contributed by atoms with Gasteiger partial charge >= 0.3 is 6.03 Å². The molecule has 138 valence electrons. The van der Waals surface area contributed by atoms with E-state index >= 15 is 0 Å². The van der Waals surface area contributed by atoms with E-state index < -0.39 is 10.0 Å². The number of hydrogen-bond donors (Lipinski definition) is 2. The maximum absolute atomic E-state index is 12.2. The molecule has 0 saturated carbocycles. The van der Waals surface area contributed by atoms with Gasteiger partial charge in [0.2, 0.25) is 10.0 Å². The van der Waals surface area contributed by atoms with Crippen molar-refractivity contribution in [1.82, 2.24) is 5.32 Å². The fourth-order valence-electron chi connectivity index (χ4n) is 2.82. The molecule has 0 radical (unpaired) electrons. The van der Waals surface area contributed by atoms with Crippen LogP contribution >= 0.6 is 11.6 Å². The second-order valence-corrected chi connectivity index (χ2v) is 8.53. The van der Waals surface area contributed by atoms with Crippen LogP contribution in [0.5, 0.6) is 0 Å². The largest absolute Gasteiger partial charge is 0.334 e. The van der Waals surface area contributed by atoms with Gasteiger partial charge in [0.25, 0.3) is 0 Å². The number of rotatable bonds is 4. The van der Waals surface area contributed by atoms with Gasteiger partial charge in [-0.05, 0) is 48.7 Å². The van der Waals surface area contributed by atoms with Crippen LogP contribution in [0.25, 0.3) is 0 Å². The third-order valence-electron chi connectivity index (χ3n) is 4.08. The first-order valence-corrected chi connectivity index (χ1v) is 10.3. The summed E-state index contributed by atoms with van der Waals surface area (Å²) in [6, 6.07) is 13.7. The van der Waals surface area contributed by atoms with Crippen LogP contribution in [0.15, 0.2) is 48.5 Å². The Balaban J connectivity index is 1.64. The van der Waals surface area contributed by atoms with Crippen LogP contribution in [0.2, 0.25) is 5.02 Å². The van der Waals surface area contributed by atoms with Crippen molar-refractivity contribution in [3.8, 4) is 0 Å². The molecule has 6 nitrogen and oxygen atoms in total. The van der Waals surface area contributed by atoms with Crippen molar-refractivity contribution < 1.29 is 13.2 Å². The highest BCUT2D eigenvalue weighted by molar-refractivity contribution is 7.92. The number of sulfonamides is 1. The molecule has 1 aliphatic rings.